The lowest BCUT2D eigenvalue weighted by molar-refractivity contribution is -0.137. The van der Waals surface area contributed by atoms with Crippen LogP contribution in [0, 0.1) is 0 Å². The number of carbonyl (C=O) groups excluding carboxylic acids is 1. The van der Waals surface area contributed by atoms with Crippen molar-refractivity contribution in [3.8, 4) is 0 Å². The van der Waals surface area contributed by atoms with E-state index in [0.29, 0.717) is 24.5 Å². The van der Waals surface area contributed by atoms with Crippen molar-refractivity contribution in [2.24, 2.45) is 0 Å². The van der Waals surface area contributed by atoms with E-state index < -0.39 is 11.6 Å². The van der Waals surface area contributed by atoms with Gasteiger partial charge in [-0.15, -0.1) is 0 Å². The van der Waals surface area contributed by atoms with Gasteiger partial charge >= 0.3 is 0 Å². The quantitative estimate of drug-likeness (QED) is 0.888. The first-order chi connectivity index (χ1) is 12.0. The molecular formula is C19H21ClFN3O. The molecule has 1 atom stereocenters. The summed E-state index contributed by atoms with van der Waals surface area (Å²) in [6, 6.07) is 11.1. The van der Waals surface area contributed by atoms with Crippen LogP contribution in [0.2, 0.25) is 5.02 Å². The minimum absolute atomic E-state index is 0.109. The maximum Gasteiger partial charge on any atom is 0.259 e. The summed E-state index contributed by atoms with van der Waals surface area (Å²) in [5.41, 5.74) is 0.115. The van der Waals surface area contributed by atoms with Crippen LogP contribution in [0.3, 0.4) is 0 Å². The van der Waals surface area contributed by atoms with E-state index in [1.54, 1.807) is 24.5 Å². The van der Waals surface area contributed by atoms with E-state index in [-0.39, 0.29) is 13.0 Å². The number of nitrogens with zero attached hydrogens (tertiary/aromatic N) is 2. The maximum atomic E-state index is 15.2. The van der Waals surface area contributed by atoms with Crippen LogP contribution in [0.25, 0.3) is 0 Å². The summed E-state index contributed by atoms with van der Waals surface area (Å²) in [6.45, 7) is 1.81. The largest absolute Gasteiger partial charge is 0.349 e. The molecule has 4 nitrogen and oxygen atoms in total. The number of hydrogen-bond donors (Lipinski definition) is 1. The average Bonchev–Trinajstić information content (AvgIpc) is 2.62. The first-order valence-corrected chi connectivity index (χ1v) is 8.76. The number of piperidine rings is 1. The SMILES string of the molecule is O=C(NCc1ccncc1)C1(F)CCCN(Cc2ccc(Cl)cc2)C1. The van der Waals surface area contributed by atoms with Crippen LogP contribution >= 0.6 is 11.6 Å². The highest BCUT2D eigenvalue weighted by Gasteiger charge is 2.42. The van der Waals surface area contributed by atoms with Gasteiger partial charge in [0.2, 0.25) is 5.67 Å². The Kier molecular flexibility index (Phi) is 5.66. The molecule has 1 saturated heterocycles. The number of amides is 1. The van der Waals surface area contributed by atoms with Gasteiger partial charge in [-0.3, -0.25) is 14.7 Å². The van der Waals surface area contributed by atoms with Crippen molar-refractivity contribution in [1.82, 2.24) is 15.2 Å². The lowest BCUT2D eigenvalue weighted by Gasteiger charge is -2.36. The van der Waals surface area contributed by atoms with E-state index in [4.69, 9.17) is 11.6 Å². The number of rotatable bonds is 5. The van der Waals surface area contributed by atoms with Crippen molar-refractivity contribution < 1.29 is 9.18 Å². The van der Waals surface area contributed by atoms with Crippen LogP contribution in [0.1, 0.15) is 24.0 Å². The zero-order chi connectivity index (χ0) is 17.7. The van der Waals surface area contributed by atoms with Gasteiger partial charge in [-0.2, -0.15) is 0 Å². The third-order valence-corrected chi connectivity index (χ3v) is 4.70. The molecule has 0 radical (unpaired) electrons. The number of alkyl halides is 1. The van der Waals surface area contributed by atoms with Gasteiger partial charge < -0.3 is 5.32 Å². The molecule has 1 amide bonds. The fourth-order valence-electron chi connectivity index (χ4n) is 3.11. The Morgan fingerprint density at radius 2 is 1.92 bits per heavy atom. The predicted molar refractivity (Wildman–Crippen MR) is 95.9 cm³/mol. The number of pyridine rings is 1. The zero-order valence-electron chi connectivity index (χ0n) is 13.9. The summed E-state index contributed by atoms with van der Waals surface area (Å²) < 4.78 is 15.2. The van der Waals surface area contributed by atoms with Crippen molar-refractivity contribution in [3.63, 3.8) is 0 Å². The number of likely N-dealkylation sites (tertiary alicyclic amines) is 1. The molecule has 1 aromatic carbocycles. The molecule has 1 aliphatic heterocycles. The van der Waals surface area contributed by atoms with Crippen LogP contribution in [0.15, 0.2) is 48.8 Å². The van der Waals surface area contributed by atoms with E-state index >= 15 is 4.39 Å². The summed E-state index contributed by atoms with van der Waals surface area (Å²) in [6.07, 6.45) is 4.22. The van der Waals surface area contributed by atoms with Gasteiger partial charge in [0.05, 0.1) is 0 Å². The summed E-state index contributed by atoms with van der Waals surface area (Å²) >= 11 is 5.90. The summed E-state index contributed by atoms with van der Waals surface area (Å²) in [4.78, 5) is 18.3. The number of hydrogen-bond acceptors (Lipinski definition) is 3. The lowest BCUT2D eigenvalue weighted by atomic mass is 9.93. The molecular weight excluding hydrogens is 341 g/mol. The van der Waals surface area contributed by atoms with E-state index in [0.717, 1.165) is 17.7 Å². The van der Waals surface area contributed by atoms with Crippen LogP contribution < -0.4 is 5.32 Å². The van der Waals surface area contributed by atoms with Crippen LogP contribution in [-0.4, -0.2) is 34.5 Å². The second-order valence-electron chi connectivity index (χ2n) is 6.44. The average molecular weight is 362 g/mol. The number of aromatic nitrogens is 1. The van der Waals surface area contributed by atoms with Crippen LogP contribution in [0.5, 0.6) is 0 Å². The Hall–Kier alpha value is -1.98. The molecule has 6 heteroatoms. The first-order valence-electron chi connectivity index (χ1n) is 8.38. The zero-order valence-corrected chi connectivity index (χ0v) is 14.7. The molecule has 132 valence electrons. The molecule has 1 aromatic heterocycles. The molecule has 0 aliphatic carbocycles. The predicted octanol–water partition coefficient (Wildman–Crippen LogP) is 3.36. The Morgan fingerprint density at radius 1 is 1.20 bits per heavy atom. The monoisotopic (exact) mass is 361 g/mol. The molecule has 0 bridgehead atoms. The molecule has 1 fully saturated rings. The fraction of sp³-hybridized carbons (Fsp3) is 0.368. The van der Waals surface area contributed by atoms with Gasteiger partial charge in [-0.1, -0.05) is 23.7 Å². The van der Waals surface area contributed by atoms with Gasteiger partial charge in [0.15, 0.2) is 0 Å². The molecule has 3 rings (SSSR count). The van der Waals surface area contributed by atoms with E-state index in [1.807, 2.05) is 29.2 Å². The summed E-state index contributed by atoms with van der Waals surface area (Å²) in [7, 11) is 0. The van der Waals surface area contributed by atoms with E-state index in [9.17, 15) is 4.79 Å². The maximum absolute atomic E-state index is 15.2. The second-order valence-corrected chi connectivity index (χ2v) is 6.88. The highest BCUT2D eigenvalue weighted by atomic mass is 35.5. The number of carbonyl (C=O) groups is 1. The van der Waals surface area contributed by atoms with E-state index in [2.05, 4.69) is 10.3 Å². The lowest BCUT2D eigenvalue weighted by Crippen LogP contribution is -2.53. The Balaban J connectivity index is 1.58. The highest BCUT2D eigenvalue weighted by molar-refractivity contribution is 6.30. The molecule has 2 aromatic rings. The van der Waals surface area contributed by atoms with Gasteiger partial charge in [0, 0.05) is 37.1 Å². The number of nitrogens with one attached hydrogen (secondary N) is 1. The standard InChI is InChI=1S/C19H21ClFN3O/c20-17-4-2-16(3-5-17)13-24-11-1-8-19(21,14-24)18(25)23-12-15-6-9-22-10-7-15/h2-7,9-10H,1,8,11-14H2,(H,23,25). The van der Waals surface area contributed by atoms with Crippen molar-refractivity contribution >= 4 is 17.5 Å². The molecule has 0 saturated carbocycles. The molecule has 1 N–H and O–H groups in total. The Morgan fingerprint density at radius 3 is 2.64 bits per heavy atom. The summed E-state index contributed by atoms with van der Waals surface area (Å²) in [5, 5.41) is 3.39. The molecule has 1 unspecified atom stereocenters. The summed E-state index contributed by atoms with van der Waals surface area (Å²) in [5.74, 6) is -0.537. The minimum Gasteiger partial charge on any atom is -0.349 e. The van der Waals surface area contributed by atoms with Crippen molar-refractivity contribution in [2.75, 3.05) is 13.1 Å². The topological polar surface area (TPSA) is 45.2 Å². The van der Waals surface area contributed by atoms with Crippen molar-refractivity contribution in [3.05, 3.63) is 64.9 Å². The number of halogens is 2. The third-order valence-electron chi connectivity index (χ3n) is 4.45. The molecule has 0 spiro atoms. The molecule has 2 heterocycles. The molecule has 1 aliphatic rings. The van der Waals surface area contributed by atoms with Gasteiger partial charge in [-0.25, -0.2) is 4.39 Å². The van der Waals surface area contributed by atoms with Gasteiger partial charge in [0.1, 0.15) is 0 Å². The van der Waals surface area contributed by atoms with Crippen molar-refractivity contribution in [2.45, 2.75) is 31.6 Å². The first kappa shape index (κ1) is 17.8. The smallest absolute Gasteiger partial charge is 0.259 e. The van der Waals surface area contributed by atoms with Crippen LogP contribution in [0.4, 0.5) is 4.39 Å². The minimum atomic E-state index is -1.85. The second kappa shape index (κ2) is 7.93. The highest BCUT2D eigenvalue weighted by Crippen LogP contribution is 2.27. The van der Waals surface area contributed by atoms with Gasteiger partial charge in [-0.05, 0) is 54.8 Å². The van der Waals surface area contributed by atoms with E-state index in [1.165, 1.54) is 0 Å². The Bertz CT molecular complexity index is 710. The number of benzene rings is 1. The molecule has 25 heavy (non-hydrogen) atoms. The fourth-order valence-corrected chi connectivity index (χ4v) is 3.23. The Labute approximate surface area is 152 Å². The van der Waals surface area contributed by atoms with Crippen LogP contribution in [-0.2, 0) is 17.9 Å². The van der Waals surface area contributed by atoms with Crippen molar-refractivity contribution in [1.29, 1.82) is 0 Å². The third kappa shape index (κ3) is 4.77. The normalized spacial score (nSPS) is 21.0. The van der Waals surface area contributed by atoms with Gasteiger partial charge in [0.25, 0.3) is 5.91 Å².